The molecule has 0 bridgehead atoms. The number of ketones is 1. The van der Waals surface area contributed by atoms with Crippen LogP contribution in [0.4, 0.5) is 0 Å². The summed E-state index contributed by atoms with van der Waals surface area (Å²) in [6.45, 7) is 1.13. The van der Waals surface area contributed by atoms with E-state index in [4.69, 9.17) is 14.2 Å². The third-order valence-electron chi connectivity index (χ3n) is 5.38. The topological polar surface area (TPSA) is 65.1 Å². The third kappa shape index (κ3) is 4.82. The minimum atomic E-state index is -0.0857. The smallest absolute Gasteiger partial charge is 0.246 e. The first-order chi connectivity index (χ1) is 14.6. The van der Waals surface area contributed by atoms with Crippen LogP contribution in [0.2, 0.25) is 0 Å². The maximum Gasteiger partial charge on any atom is 0.246 e. The normalized spacial score (nSPS) is 14.6. The van der Waals surface area contributed by atoms with E-state index in [-0.39, 0.29) is 17.6 Å². The summed E-state index contributed by atoms with van der Waals surface area (Å²) >= 11 is 0. The first kappa shape index (κ1) is 21.4. The molecule has 3 rings (SSSR count). The summed E-state index contributed by atoms with van der Waals surface area (Å²) in [7, 11) is 4.68. The fourth-order valence-corrected chi connectivity index (χ4v) is 3.65. The summed E-state index contributed by atoms with van der Waals surface area (Å²) in [6, 6.07) is 12.8. The van der Waals surface area contributed by atoms with Crippen molar-refractivity contribution in [2.24, 2.45) is 5.92 Å². The van der Waals surface area contributed by atoms with E-state index in [1.807, 2.05) is 30.3 Å². The van der Waals surface area contributed by atoms with Crippen LogP contribution in [0.1, 0.15) is 28.8 Å². The van der Waals surface area contributed by atoms with Crippen molar-refractivity contribution in [3.05, 3.63) is 59.7 Å². The first-order valence-corrected chi connectivity index (χ1v) is 9.93. The van der Waals surface area contributed by atoms with Crippen LogP contribution < -0.4 is 14.2 Å². The van der Waals surface area contributed by atoms with Crippen LogP contribution in [-0.2, 0) is 4.79 Å². The van der Waals surface area contributed by atoms with Gasteiger partial charge in [-0.1, -0.05) is 30.3 Å². The number of carbonyl (C=O) groups excluding carboxylic acids is 2. The van der Waals surface area contributed by atoms with E-state index in [1.54, 1.807) is 44.4 Å². The van der Waals surface area contributed by atoms with Gasteiger partial charge in [0.15, 0.2) is 17.3 Å². The molecule has 2 aromatic rings. The molecule has 0 radical (unpaired) electrons. The van der Waals surface area contributed by atoms with E-state index in [0.29, 0.717) is 43.2 Å². The summed E-state index contributed by atoms with van der Waals surface area (Å²) < 4.78 is 16.0. The number of carbonyl (C=O) groups is 2. The van der Waals surface area contributed by atoms with Gasteiger partial charge in [-0.15, -0.1) is 0 Å². The molecule has 0 aromatic heterocycles. The fourth-order valence-electron chi connectivity index (χ4n) is 3.65. The van der Waals surface area contributed by atoms with Gasteiger partial charge in [0.05, 0.1) is 21.3 Å². The van der Waals surface area contributed by atoms with Gasteiger partial charge >= 0.3 is 0 Å². The molecule has 2 aromatic carbocycles. The Labute approximate surface area is 177 Å². The number of likely N-dealkylation sites (tertiary alicyclic amines) is 1. The molecule has 1 aliphatic rings. The Kier molecular flexibility index (Phi) is 7.12. The molecule has 6 heteroatoms. The molecule has 0 atom stereocenters. The van der Waals surface area contributed by atoms with E-state index in [9.17, 15) is 9.59 Å². The van der Waals surface area contributed by atoms with Crippen molar-refractivity contribution in [3.63, 3.8) is 0 Å². The number of piperidine rings is 1. The number of hydrogen-bond acceptors (Lipinski definition) is 5. The van der Waals surface area contributed by atoms with Crippen molar-refractivity contribution in [1.29, 1.82) is 0 Å². The highest BCUT2D eigenvalue weighted by Crippen LogP contribution is 2.35. The Morgan fingerprint density at radius 1 is 0.900 bits per heavy atom. The van der Waals surface area contributed by atoms with Crippen molar-refractivity contribution in [2.75, 3.05) is 34.4 Å². The number of nitrogens with zero attached hydrogens (tertiary/aromatic N) is 1. The lowest BCUT2D eigenvalue weighted by Crippen LogP contribution is -2.39. The molecule has 1 heterocycles. The summed E-state index contributed by atoms with van der Waals surface area (Å²) in [5.74, 6) is 1.75. The van der Waals surface area contributed by atoms with Gasteiger partial charge in [-0.25, -0.2) is 0 Å². The summed E-state index contributed by atoms with van der Waals surface area (Å²) in [4.78, 5) is 27.0. The quantitative estimate of drug-likeness (QED) is 0.513. The van der Waals surface area contributed by atoms with Crippen LogP contribution in [0.5, 0.6) is 17.2 Å². The number of Topliss-reactive ketones (excluding diaryl/α,β-unsaturated/α-hetero) is 1. The second-order valence-electron chi connectivity index (χ2n) is 7.11. The second-order valence-corrected chi connectivity index (χ2v) is 7.11. The average molecular weight is 409 g/mol. The van der Waals surface area contributed by atoms with Gasteiger partial charge in [0.2, 0.25) is 5.91 Å². The first-order valence-electron chi connectivity index (χ1n) is 9.93. The summed E-state index contributed by atoms with van der Waals surface area (Å²) in [6.07, 6.45) is 4.59. The van der Waals surface area contributed by atoms with Gasteiger partial charge < -0.3 is 19.1 Å². The number of hydrogen-bond donors (Lipinski definition) is 0. The van der Waals surface area contributed by atoms with Crippen LogP contribution in [-0.4, -0.2) is 51.0 Å². The zero-order valence-corrected chi connectivity index (χ0v) is 17.6. The molecule has 1 fully saturated rings. The van der Waals surface area contributed by atoms with Crippen molar-refractivity contribution < 1.29 is 23.8 Å². The van der Waals surface area contributed by atoms with Crippen molar-refractivity contribution in [2.45, 2.75) is 12.8 Å². The number of amides is 1. The maximum absolute atomic E-state index is 12.7. The summed E-state index contributed by atoms with van der Waals surface area (Å²) in [5, 5.41) is 0. The van der Waals surface area contributed by atoms with E-state index >= 15 is 0 Å². The molecule has 158 valence electrons. The van der Waals surface area contributed by atoms with Crippen molar-refractivity contribution >= 4 is 17.8 Å². The standard InChI is InChI=1S/C24H27NO5/c1-28-20-16-22(30-3)21(29-2)15-19(20)9-10-23(26)25-13-11-18(12-14-25)24(27)17-7-5-4-6-8-17/h4-10,15-16,18H,11-14H2,1-3H3. The van der Waals surface area contributed by atoms with Gasteiger partial charge in [0.1, 0.15) is 5.75 Å². The Morgan fingerprint density at radius 3 is 2.10 bits per heavy atom. The minimum absolute atomic E-state index is 0.0358. The zero-order chi connectivity index (χ0) is 21.5. The molecular formula is C24H27NO5. The van der Waals surface area contributed by atoms with Gasteiger partial charge in [-0.3, -0.25) is 9.59 Å². The van der Waals surface area contributed by atoms with E-state index in [1.165, 1.54) is 6.08 Å². The molecular weight excluding hydrogens is 382 g/mol. The van der Waals surface area contributed by atoms with Crippen LogP contribution in [0.25, 0.3) is 6.08 Å². The molecule has 0 spiro atoms. The maximum atomic E-state index is 12.7. The molecule has 0 saturated carbocycles. The Balaban J connectivity index is 1.63. The molecule has 30 heavy (non-hydrogen) atoms. The lowest BCUT2D eigenvalue weighted by molar-refractivity contribution is -0.127. The molecule has 1 amide bonds. The van der Waals surface area contributed by atoms with E-state index in [2.05, 4.69) is 0 Å². The van der Waals surface area contributed by atoms with Gasteiger partial charge in [-0.2, -0.15) is 0 Å². The van der Waals surface area contributed by atoms with Crippen molar-refractivity contribution in [1.82, 2.24) is 4.90 Å². The van der Waals surface area contributed by atoms with Gasteiger partial charge in [-0.05, 0) is 25.0 Å². The predicted octanol–water partition coefficient (Wildman–Crippen LogP) is 3.85. The SMILES string of the molecule is COc1cc(OC)c(OC)cc1C=CC(=O)N1CCC(C(=O)c2ccccc2)CC1. The summed E-state index contributed by atoms with van der Waals surface area (Å²) in [5.41, 5.74) is 1.46. The molecule has 0 unspecified atom stereocenters. The minimum Gasteiger partial charge on any atom is -0.496 e. The lowest BCUT2D eigenvalue weighted by atomic mass is 9.89. The number of ether oxygens (including phenoxy) is 3. The average Bonchev–Trinajstić information content (AvgIpc) is 2.82. The molecule has 0 N–H and O–H groups in total. The largest absolute Gasteiger partial charge is 0.496 e. The molecule has 6 nitrogen and oxygen atoms in total. The Hall–Kier alpha value is -3.28. The van der Waals surface area contributed by atoms with Crippen LogP contribution in [0.3, 0.4) is 0 Å². The van der Waals surface area contributed by atoms with Crippen LogP contribution in [0, 0.1) is 5.92 Å². The molecule has 0 aliphatic carbocycles. The Bertz CT molecular complexity index is 915. The Morgan fingerprint density at radius 2 is 1.50 bits per heavy atom. The second kappa shape index (κ2) is 9.96. The highest BCUT2D eigenvalue weighted by Gasteiger charge is 2.27. The fraction of sp³-hybridized carbons (Fsp3) is 0.333. The van der Waals surface area contributed by atoms with Gasteiger partial charge in [0.25, 0.3) is 0 Å². The van der Waals surface area contributed by atoms with E-state index in [0.717, 1.165) is 11.1 Å². The third-order valence-corrected chi connectivity index (χ3v) is 5.38. The predicted molar refractivity (Wildman–Crippen MR) is 115 cm³/mol. The van der Waals surface area contributed by atoms with Crippen LogP contribution in [0.15, 0.2) is 48.5 Å². The number of benzene rings is 2. The highest BCUT2D eigenvalue weighted by atomic mass is 16.5. The number of rotatable bonds is 7. The molecule has 1 aliphatic heterocycles. The lowest BCUT2D eigenvalue weighted by Gasteiger charge is -2.30. The number of methoxy groups -OCH3 is 3. The van der Waals surface area contributed by atoms with Crippen molar-refractivity contribution in [3.8, 4) is 17.2 Å². The van der Waals surface area contributed by atoms with Gasteiger partial charge in [0, 0.05) is 42.3 Å². The highest BCUT2D eigenvalue weighted by molar-refractivity contribution is 5.98. The monoisotopic (exact) mass is 409 g/mol. The van der Waals surface area contributed by atoms with E-state index < -0.39 is 0 Å². The van der Waals surface area contributed by atoms with Crippen LogP contribution >= 0.6 is 0 Å². The molecule has 1 saturated heterocycles. The zero-order valence-electron chi connectivity index (χ0n) is 17.6.